The fourth-order valence-electron chi connectivity index (χ4n) is 3.84. The molecule has 0 unspecified atom stereocenters. The van der Waals surface area contributed by atoms with Crippen molar-refractivity contribution in [3.8, 4) is 5.69 Å². The molecule has 182 valence electrons. The maximum atomic E-state index is 12.9. The van der Waals surface area contributed by atoms with Gasteiger partial charge in [0.05, 0.1) is 16.3 Å². The average Bonchev–Trinajstić information content (AvgIpc) is 3.50. The number of benzene rings is 1. The molecule has 1 fully saturated rings. The molecular formula is C25H26N4O3S3. The van der Waals surface area contributed by atoms with E-state index in [1.165, 1.54) is 11.8 Å². The molecule has 0 saturated carbocycles. The van der Waals surface area contributed by atoms with Gasteiger partial charge in [-0.25, -0.2) is 4.68 Å². The van der Waals surface area contributed by atoms with E-state index in [9.17, 15) is 14.4 Å². The number of thioether (sulfide) groups is 1. The molecule has 35 heavy (non-hydrogen) atoms. The van der Waals surface area contributed by atoms with E-state index in [1.54, 1.807) is 32.6 Å². The summed E-state index contributed by atoms with van der Waals surface area (Å²) >= 11 is 8.30. The Balaban J connectivity index is 1.26. The molecule has 0 bridgehead atoms. The van der Waals surface area contributed by atoms with Crippen molar-refractivity contribution >= 4 is 63.2 Å². The molecular weight excluding hydrogens is 501 g/mol. The number of hydrogen-bond donors (Lipinski definition) is 1. The summed E-state index contributed by atoms with van der Waals surface area (Å²) in [4.78, 5) is 41.4. The highest BCUT2D eigenvalue weighted by Crippen LogP contribution is 2.33. The molecule has 4 rings (SSSR count). The number of nitrogens with one attached hydrogen (secondary N) is 1. The standard InChI is InChI=1S/C25H26N4O3S3/c1-17-22(24(32)29(27(17)2)18-10-5-3-6-11-18)26-21(30)13-7-4-8-14-28-23(31)20(35-25(28)33)16-19-12-9-15-34-19/h3,5-6,9-12,15-16H,4,7-8,13-14H2,1-2H3,(H,26,30)/b20-16+. The average molecular weight is 527 g/mol. The van der Waals surface area contributed by atoms with Gasteiger partial charge in [0.1, 0.15) is 10.0 Å². The van der Waals surface area contributed by atoms with Gasteiger partial charge in [0.25, 0.3) is 11.5 Å². The van der Waals surface area contributed by atoms with E-state index in [1.807, 2.05) is 60.8 Å². The predicted octanol–water partition coefficient (Wildman–Crippen LogP) is 4.95. The number of rotatable bonds is 9. The van der Waals surface area contributed by atoms with Gasteiger partial charge in [-0.3, -0.25) is 24.0 Å². The Morgan fingerprint density at radius 2 is 1.86 bits per heavy atom. The molecule has 3 heterocycles. The highest BCUT2D eigenvalue weighted by Gasteiger charge is 2.31. The van der Waals surface area contributed by atoms with Crippen LogP contribution < -0.4 is 10.9 Å². The van der Waals surface area contributed by atoms with Crippen molar-refractivity contribution < 1.29 is 9.59 Å². The van der Waals surface area contributed by atoms with Crippen LogP contribution in [0.2, 0.25) is 0 Å². The molecule has 1 saturated heterocycles. The van der Waals surface area contributed by atoms with Crippen LogP contribution in [0.25, 0.3) is 11.8 Å². The fourth-order valence-corrected chi connectivity index (χ4v) is 5.87. The van der Waals surface area contributed by atoms with Crippen LogP contribution in [0.3, 0.4) is 0 Å². The number of unbranched alkanes of at least 4 members (excludes halogenated alkanes) is 2. The highest BCUT2D eigenvalue weighted by molar-refractivity contribution is 8.26. The first-order chi connectivity index (χ1) is 16.9. The number of amides is 2. The number of thiocarbonyl (C=S) groups is 1. The quantitative estimate of drug-likeness (QED) is 0.243. The Morgan fingerprint density at radius 1 is 1.09 bits per heavy atom. The van der Waals surface area contributed by atoms with Crippen LogP contribution in [0, 0.1) is 6.92 Å². The van der Waals surface area contributed by atoms with Gasteiger partial charge < -0.3 is 5.32 Å². The van der Waals surface area contributed by atoms with Crippen LogP contribution in [-0.2, 0) is 16.6 Å². The summed E-state index contributed by atoms with van der Waals surface area (Å²) in [7, 11) is 1.79. The molecule has 1 N–H and O–H groups in total. The highest BCUT2D eigenvalue weighted by atomic mass is 32.2. The maximum Gasteiger partial charge on any atom is 0.295 e. The summed E-state index contributed by atoms with van der Waals surface area (Å²) < 4.78 is 3.85. The molecule has 0 spiro atoms. The lowest BCUT2D eigenvalue weighted by molar-refractivity contribution is -0.122. The molecule has 2 aromatic heterocycles. The van der Waals surface area contributed by atoms with Crippen molar-refractivity contribution in [3.63, 3.8) is 0 Å². The maximum absolute atomic E-state index is 12.9. The molecule has 0 aliphatic carbocycles. The van der Waals surface area contributed by atoms with Crippen LogP contribution in [0.4, 0.5) is 5.69 Å². The largest absolute Gasteiger partial charge is 0.320 e. The zero-order valence-corrected chi connectivity index (χ0v) is 22.0. The third kappa shape index (κ3) is 5.66. The molecule has 1 aliphatic rings. The number of hydrogen-bond acceptors (Lipinski definition) is 6. The lowest BCUT2D eigenvalue weighted by Crippen LogP contribution is -2.29. The molecule has 0 radical (unpaired) electrons. The van der Waals surface area contributed by atoms with Gasteiger partial charge in [-0.15, -0.1) is 11.3 Å². The molecule has 2 amide bonds. The van der Waals surface area contributed by atoms with E-state index in [4.69, 9.17) is 12.2 Å². The van der Waals surface area contributed by atoms with Crippen molar-refractivity contribution in [2.75, 3.05) is 11.9 Å². The monoisotopic (exact) mass is 526 g/mol. The Hall–Kier alpha value is -2.95. The molecule has 0 atom stereocenters. The topological polar surface area (TPSA) is 76.3 Å². The molecule has 10 heteroatoms. The summed E-state index contributed by atoms with van der Waals surface area (Å²) in [6.45, 7) is 2.35. The zero-order valence-electron chi connectivity index (χ0n) is 19.5. The van der Waals surface area contributed by atoms with E-state index in [0.717, 1.165) is 23.4 Å². The lowest BCUT2D eigenvalue weighted by Gasteiger charge is -2.14. The second-order valence-electron chi connectivity index (χ2n) is 8.14. The fraction of sp³-hybridized carbons (Fsp3) is 0.280. The normalized spacial score (nSPS) is 14.8. The number of anilines is 1. The third-order valence-electron chi connectivity index (χ3n) is 5.79. The lowest BCUT2D eigenvalue weighted by atomic mass is 10.1. The number of nitrogens with zero attached hydrogens (tertiary/aromatic N) is 3. The van der Waals surface area contributed by atoms with Gasteiger partial charge in [0, 0.05) is 24.9 Å². The number of carbonyl (C=O) groups is 2. The van der Waals surface area contributed by atoms with Crippen molar-refractivity contribution in [3.05, 3.63) is 73.7 Å². The third-order valence-corrected chi connectivity index (χ3v) is 7.99. The molecule has 7 nitrogen and oxygen atoms in total. The van der Waals surface area contributed by atoms with Crippen LogP contribution in [0.5, 0.6) is 0 Å². The smallest absolute Gasteiger partial charge is 0.295 e. The van der Waals surface area contributed by atoms with E-state index in [2.05, 4.69) is 5.32 Å². The number of aromatic nitrogens is 2. The van der Waals surface area contributed by atoms with Gasteiger partial charge in [0.2, 0.25) is 5.91 Å². The Morgan fingerprint density at radius 3 is 2.57 bits per heavy atom. The van der Waals surface area contributed by atoms with Crippen molar-refractivity contribution in [2.45, 2.75) is 32.6 Å². The van der Waals surface area contributed by atoms with Crippen molar-refractivity contribution in [1.29, 1.82) is 0 Å². The molecule has 3 aromatic rings. The number of carbonyl (C=O) groups excluding carboxylic acids is 2. The summed E-state index contributed by atoms with van der Waals surface area (Å²) in [5.41, 5.74) is 1.48. The summed E-state index contributed by atoms with van der Waals surface area (Å²) in [5, 5.41) is 4.77. The first kappa shape index (κ1) is 25.2. The minimum absolute atomic E-state index is 0.0552. The summed E-state index contributed by atoms with van der Waals surface area (Å²) in [6.07, 6.45) is 4.36. The number of para-hydroxylation sites is 1. The summed E-state index contributed by atoms with van der Waals surface area (Å²) in [6, 6.07) is 13.2. The van der Waals surface area contributed by atoms with Crippen molar-refractivity contribution in [1.82, 2.24) is 14.3 Å². The van der Waals surface area contributed by atoms with Crippen LogP contribution in [-0.4, -0.2) is 36.9 Å². The van der Waals surface area contributed by atoms with Gasteiger partial charge in [-0.2, -0.15) is 0 Å². The van der Waals surface area contributed by atoms with Gasteiger partial charge >= 0.3 is 0 Å². The van der Waals surface area contributed by atoms with Crippen LogP contribution in [0.1, 0.15) is 36.3 Å². The van der Waals surface area contributed by atoms with Gasteiger partial charge in [-0.1, -0.05) is 54.7 Å². The first-order valence-corrected chi connectivity index (χ1v) is 13.4. The molecule has 1 aromatic carbocycles. The van der Waals surface area contributed by atoms with Crippen LogP contribution in [0.15, 0.2) is 57.5 Å². The SMILES string of the molecule is Cc1c(NC(=O)CCCCCN2C(=O)/C(=C\c3cccs3)SC2=S)c(=O)n(-c2ccccc2)n1C. The second kappa shape index (κ2) is 11.2. The van der Waals surface area contributed by atoms with E-state index < -0.39 is 0 Å². The Labute approximate surface area is 217 Å². The van der Waals surface area contributed by atoms with Gasteiger partial charge in [0.15, 0.2) is 0 Å². The number of thiophene rings is 1. The first-order valence-electron chi connectivity index (χ1n) is 11.3. The van der Waals surface area contributed by atoms with E-state index in [0.29, 0.717) is 40.0 Å². The Kier molecular flexibility index (Phi) is 8.04. The second-order valence-corrected chi connectivity index (χ2v) is 10.8. The van der Waals surface area contributed by atoms with E-state index >= 15 is 0 Å². The zero-order chi connectivity index (χ0) is 24.9. The minimum atomic E-state index is -0.255. The van der Waals surface area contributed by atoms with E-state index in [-0.39, 0.29) is 17.4 Å². The summed E-state index contributed by atoms with van der Waals surface area (Å²) in [5.74, 6) is -0.249. The van der Waals surface area contributed by atoms with Crippen LogP contribution >= 0.6 is 35.3 Å². The van der Waals surface area contributed by atoms with Crippen molar-refractivity contribution in [2.24, 2.45) is 7.05 Å². The minimum Gasteiger partial charge on any atom is -0.320 e. The van der Waals surface area contributed by atoms with Gasteiger partial charge in [-0.05, 0) is 49.4 Å². The molecule has 1 aliphatic heterocycles. The predicted molar refractivity (Wildman–Crippen MR) is 147 cm³/mol. The Bertz CT molecular complexity index is 1320.